The smallest absolute Gasteiger partial charge is 0.151 e. The van der Waals surface area contributed by atoms with Crippen LogP contribution in [0.3, 0.4) is 0 Å². The van der Waals surface area contributed by atoms with Gasteiger partial charge in [0.25, 0.3) is 0 Å². The molecule has 0 amide bonds. The molecule has 1 aliphatic heterocycles. The van der Waals surface area contributed by atoms with Gasteiger partial charge in [0.1, 0.15) is 5.82 Å². The van der Waals surface area contributed by atoms with E-state index < -0.39 is 0 Å². The van der Waals surface area contributed by atoms with Gasteiger partial charge in [-0.2, -0.15) is 0 Å². The Hall–Kier alpha value is -1.32. The van der Waals surface area contributed by atoms with Crippen molar-refractivity contribution in [2.75, 3.05) is 17.2 Å². The Morgan fingerprint density at radius 2 is 2.20 bits per heavy atom. The summed E-state index contributed by atoms with van der Waals surface area (Å²) in [4.78, 5) is 2.34. The van der Waals surface area contributed by atoms with Crippen LogP contribution in [-0.4, -0.2) is 22.8 Å². The summed E-state index contributed by atoms with van der Waals surface area (Å²) in [6.07, 6.45) is 2.50. The topological polar surface area (TPSA) is 55.0 Å². The van der Waals surface area contributed by atoms with Crippen LogP contribution in [0.1, 0.15) is 26.7 Å². The fourth-order valence-corrected chi connectivity index (χ4v) is 2.26. The minimum absolute atomic E-state index is 0.485. The van der Waals surface area contributed by atoms with E-state index >= 15 is 0 Å². The molecule has 0 saturated carbocycles. The van der Waals surface area contributed by atoms with Gasteiger partial charge >= 0.3 is 0 Å². The Balaban J connectivity index is 2.19. The van der Waals surface area contributed by atoms with Gasteiger partial charge in [-0.25, -0.2) is 0 Å². The highest BCUT2D eigenvalue weighted by Crippen LogP contribution is 2.27. The number of hydrogen-bond donors (Lipinski definition) is 1. The van der Waals surface area contributed by atoms with E-state index in [1.165, 1.54) is 12.8 Å². The lowest BCUT2D eigenvalue weighted by Gasteiger charge is -2.28. The molecule has 0 radical (unpaired) electrons. The van der Waals surface area contributed by atoms with Crippen LogP contribution in [0.25, 0.3) is 0 Å². The summed E-state index contributed by atoms with van der Waals surface area (Å²) >= 11 is 0. The Labute approximate surface area is 90.5 Å². The maximum atomic E-state index is 5.53. The maximum absolute atomic E-state index is 5.53. The van der Waals surface area contributed by atoms with Gasteiger partial charge in [0.05, 0.1) is 0 Å². The normalized spacial score (nSPS) is 21.3. The van der Waals surface area contributed by atoms with Crippen LogP contribution in [0.5, 0.6) is 0 Å². The molecular formula is C11H18N4. The lowest BCUT2D eigenvalue weighted by Crippen LogP contribution is -2.34. The molecule has 2 rings (SSSR count). The van der Waals surface area contributed by atoms with Crippen molar-refractivity contribution in [2.24, 2.45) is 5.92 Å². The van der Waals surface area contributed by atoms with Gasteiger partial charge in [0, 0.05) is 12.6 Å². The van der Waals surface area contributed by atoms with Crippen LogP contribution in [0.2, 0.25) is 0 Å². The van der Waals surface area contributed by atoms with E-state index in [4.69, 9.17) is 5.73 Å². The summed E-state index contributed by atoms with van der Waals surface area (Å²) in [5.74, 6) is 2.10. The van der Waals surface area contributed by atoms with E-state index in [9.17, 15) is 0 Å². The fourth-order valence-electron chi connectivity index (χ4n) is 2.26. The third-order valence-electron chi connectivity index (χ3n) is 3.03. The fraction of sp³-hybridized carbons (Fsp3) is 0.636. The zero-order valence-corrected chi connectivity index (χ0v) is 9.35. The number of nitrogen functional groups attached to an aromatic ring is 1. The van der Waals surface area contributed by atoms with Gasteiger partial charge in [0.15, 0.2) is 5.82 Å². The molecule has 1 aromatic heterocycles. The van der Waals surface area contributed by atoms with E-state index in [-0.39, 0.29) is 0 Å². The zero-order chi connectivity index (χ0) is 10.8. The van der Waals surface area contributed by atoms with Crippen molar-refractivity contribution in [3.8, 4) is 0 Å². The Kier molecular flexibility index (Phi) is 2.75. The van der Waals surface area contributed by atoms with E-state index in [2.05, 4.69) is 28.9 Å². The van der Waals surface area contributed by atoms with Gasteiger partial charge in [-0.05, 0) is 30.9 Å². The predicted octanol–water partition coefficient (Wildman–Crippen LogP) is 1.68. The van der Waals surface area contributed by atoms with Gasteiger partial charge in [-0.1, -0.05) is 13.8 Å². The second kappa shape index (κ2) is 4.04. The standard InChI is InChI=1S/C11H18N4/c1-8(2)9-4-3-7-15(9)11-6-5-10(12)13-14-11/h5-6,8-9H,3-4,7H2,1-2H3,(H2,12,13). The first-order chi connectivity index (χ1) is 7.18. The SMILES string of the molecule is CC(C)C1CCCN1c1ccc(N)nn1. The summed E-state index contributed by atoms with van der Waals surface area (Å²) in [6.45, 7) is 5.60. The summed E-state index contributed by atoms with van der Waals surface area (Å²) in [5.41, 5.74) is 5.53. The summed E-state index contributed by atoms with van der Waals surface area (Å²) in [5, 5.41) is 8.05. The first-order valence-electron chi connectivity index (χ1n) is 5.54. The van der Waals surface area contributed by atoms with Crippen LogP contribution in [0.15, 0.2) is 12.1 Å². The molecule has 1 unspecified atom stereocenters. The lowest BCUT2D eigenvalue weighted by atomic mass is 10.0. The van der Waals surface area contributed by atoms with Gasteiger partial charge in [-0.15, -0.1) is 10.2 Å². The highest BCUT2D eigenvalue weighted by atomic mass is 15.3. The molecule has 1 aromatic rings. The molecule has 0 bridgehead atoms. The first-order valence-corrected chi connectivity index (χ1v) is 5.54. The Bertz CT molecular complexity index is 320. The van der Waals surface area contributed by atoms with Crippen molar-refractivity contribution in [1.82, 2.24) is 10.2 Å². The maximum Gasteiger partial charge on any atom is 0.151 e. The Morgan fingerprint density at radius 3 is 2.80 bits per heavy atom. The number of hydrogen-bond acceptors (Lipinski definition) is 4. The molecule has 4 nitrogen and oxygen atoms in total. The van der Waals surface area contributed by atoms with E-state index in [0.29, 0.717) is 17.8 Å². The highest BCUT2D eigenvalue weighted by Gasteiger charge is 2.27. The average Bonchev–Trinajstić information content (AvgIpc) is 2.67. The van der Waals surface area contributed by atoms with Gasteiger partial charge < -0.3 is 10.6 Å². The van der Waals surface area contributed by atoms with Crippen LogP contribution in [0, 0.1) is 5.92 Å². The monoisotopic (exact) mass is 206 g/mol. The third-order valence-corrected chi connectivity index (χ3v) is 3.03. The van der Waals surface area contributed by atoms with Crippen LogP contribution >= 0.6 is 0 Å². The largest absolute Gasteiger partial charge is 0.382 e. The van der Waals surface area contributed by atoms with Crippen molar-refractivity contribution >= 4 is 11.6 Å². The van der Waals surface area contributed by atoms with Crippen molar-refractivity contribution in [3.63, 3.8) is 0 Å². The molecule has 0 aromatic carbocycles. The minimum Gasteiger partial charge on any atom is -0.382 e. The first kappa shape index (κ1) is 10.2. The van der Waals surface area contributed by atoms with Crippen molar-refractivity contribution in [2.45, 2.75) is 32.7 Å². The molecule has 2 heterocycles. The van der Waals surface area contributed by atoms with Gasteiger partial charge in [0.2, 0.25) is 0 Å². The van der Waals surface area contributed by atoms with Crippen molar-refractivity contribution < 1.29 is 0 Å². The quantitative estimate of drug-likeness (QED) is 0.800. The third kappa shape index (κ3) is 2.03. The zero-order valence-electron chi connectivity index (χ0n) is 9.35. The predicted molar refractivity (Wildman–Crippen MR) is 61.7 cm³/mol. The molecule has 4 heteroatoms. The number of nitrogens with two attached hydrogens (primary N) is 1. The van der Waals surface area contributed by atoms with E-state index in [1.807, 2.05) is 12.1 Å². The minimum atomic E-state index is 0.485. The number of rotatable bonds is 2. The summed E-state index contributed by atoms with van der Waals surface area (Å²) in [6, 6.07) is 4.38. The highest BCUT2D eigenvalue weighted by molar-refractivity contribution is 5.43. The molecule has 1 saturated heterocycles. The van der Waals surface area contributed by atoms with Gasteiger partial charge in [-0.3, -0.25) is 0 Å². The van der Waals surface area contributed by atoms with Crippen molar-refractivity contribution in [3.05, 3.63) is 12.1 Å². The molecule has 1 aliphatic rings. The lowest BCUT2D eigenvalue weighted by molar-refractivity contribution is 0.489. The number of aromatic nitrogens is 2. The number of anilines is 2. The summed E-state index contributed by atoms with van der Waals surface area (Å²) in [7, 11) is 0. The Morgan fingerprint density at radius 1 is 1.40 bits per heavy atom. The average molecular weight is 206 g/mol. The molecule has 2 N–H and O–H groups in total. The van der Waals surface area contributed by atoms with Crippen LogP contribution in [-0.2, 0) is 0 Å². The molecule has 15 heavy (non-hydrogen) atoms. The van der Waals surface area contributed by atoms with Crippen molar-refractivity contribution in [1.29, 1.82) is 0 Å². The van der Waals surface area contributed by atoms with E-state index in [0.717, 1.165) is 12.4 Å². The molecule has 0 spiro atoms. The molecule has 1 fully saturated rings. The van der Waals surface area contributed by atoms with Crippen LogP contribution in [0.4, 0.5) is 11.6 Å². The molecule has 82 valence electrons. The molecule has 1 atom stereocenters. The molecular weight excluding hydrogens is 188 g/mol. The van der Waals surface area contributed by atoms with E-state index in [1.54, 1.807) is 0 Å². The van der Waals surface area contributed by atoms with Crippen LogP contribution < -0.4 is 10.6 Å². The summed E-state index contributed by atoms with van der Waals surface area (Å²) < 4.78 is 0. The molecule has 0 aliphatic carbocycles. The second-order valence-corrected chi connectivity index (χ2v) is 4.46. The number of nitrogens with zero attached hydrogens (tertiary/aromatic N) is 3. The second-order valence-electron chi connectivity index (χ2n) is 4.46.